The van der Waals surface area contributed by atoms with Gasteiger partial charge in [-0.05, 0) is 12.1 Å². The summed E-state index contributed by atoms with van der Waals surface area (Å²) in [4.78, 5) is 2.07. The Kier molecular flexibility index (Phi) is 3.20. The molecule has 1 unspecified atom stereocenters. The largest absolute Gasteiger partial charge is 0.496 e. The van der Waals surface area contributed by atoms with Gasteiger partial charge in [0, 0.05) is 18.8 Å². The minimum Gasteiger partial charge on any atom is -0.496 e. The van der Waals surface area contributed by atoms with E-state index in [9.17, 15) is 0 Å². The number of allylic oxidation sites excluding steroid dienone is 2. The van der Waals surface area contributed by atoms with Gasteiger partial charge in [0.05, 0.1) is 18.2 Å². The Labute approximate surface area is 101 Å². The summed E-state index contributed by atoms with van der Waals surface area (Å²) in [5.41, 5.74) is 1.14. The zero-order chi connectivity index (χ0) is 11.5. The van der Waals surface area contributed by atoms with Crippen LogP contribution in [0, 0.1) is 0 Å². The van der Waals surface area contributed by atoms with E-state index < -0.39 is 0 Å². The van der Waals surface area contributed by atoms with Crippen molar-refractivity contribution in [2.45, 2.75) is 6.04 Å². The maximum atomic E-state index is 5.94. The van der Waals surface area contributed by atoms with Crippen LogP contribution >= 0.6 is 11.6 Å². The maximum Gasteiger partial charge on any atom is 0.124 e. The van der Waals surface area contributed by atoms with Crippen molar-refractivity contribution < 1.29 is 4.74 Å². The van der Waals surface area contributed by atoms with E-state index in [4.69, 9.17) is 16.3 Å². The second-order valence-corrected chi connectivity index (χ2v) is 4.16. The lowest BCUT2D eigenvalue weighted by molar-refractivity contribution is 0.360. The highest BCUT2D eigenvalue weighted by molar-refractivity contribution is 6.31. The van der Waals surface area contributed by atoms with Gasteiger partial charge in [-0.2, -0.15) is 0 Å². The Morgan fingerprint density at radius 3 is 2.75 bits per heavy atom. The molecule has 0 saturated carbocycles. The van der Waals surface area contributed by atoms with Gasteiger partial charge in [-0.15, -0.1) is 0 Å². The van der Waals surface area contributed by atoms with Crippen LogP contribution in [-0.2, 0) is 0 Å². The molecule has 0 N–H and O–H groups in total. The molecule has 1 heterocycles. The second kappa shape index (κ2) is 4.62. The van der Waals surface area contributed by atoms with Crippen molar-refractivity contribution in [2.24, 2.45) is 0 Å². The zero-order valence-electron chi connectivity index (χ0n) is 9.35. The zero-order valence-corrected chi connectivity index (χ0v) is 10.1. The van der Waals surface area contributed by atoms with Gasteiger partial charge in [0.25, 0.3) is 0 Å². The van der Waals surface area contributed by atoms with Gasteiger partial charge in [0.15, 0.2) is 0 Å². The van der Waals surface area contributed by atoms with E-state index in [2.05, 4.69) is 17.0 Å². The molecule has 1 aromatic carbocycles. The molecule has 2 rings (SSSR count). The molecule has 1 aliphatic heterocycles. The van der Waals surface area contributed by atoms with Crippen LogP contribution in [0.1, 0.15) is 11.6 Å². The molecule has 0 saturated heterocycles. The first-order valence-electron chi connectivity index (χ1n) is 5.13. The summed E-state index contributed by atoms with van der Waals surface area (Å²) in [6, 6.07) is 8.20. The van der Waals surface area contributed by atoms with Crippen LogP contribution < -0.4 is 4.74 Å². The molecular formula is C13H14ClNO. The average Bonchev–Trinajstić information content (AvgIpc) is 2.29. The van der Waals surface area contributed by atoms with E-state index in [1.807, 2.05) is 37.5 Å². The van der Waals surface area contributed by atoms with Gasteiger partial charge >= 0.3 is 0 Å². The van der Waals surface area contributed by atoms with Gasteiger partial charge < -0.3 is 9.64 Å². The monoisotopic (exact) mass is 235 g/mol. The molecule has 1 aliphatic rings. The van der Waals surface area contributed by atoms with Crippen molar-refractivity contribution in [1.82, 2.24) is 4.90 Å². The lowest BCUT2D eigenvalue weighted by Crippen LogP contribution is -2.20. The summed E-state index contributed by atoms with van der Waals surface area (Å²) in [5.74, 6) is 0.899. The maximum absolute atomic E-state index is 5.94. The molecule has 84 valence electrons. The van der Waals surface area contributed by atoms with E-state index in [1.54, 1.807) is 7.11 Å². The van der Waals surface area contributed by atoms with Crippen molar-refractivity contribution in [2.75, 3.05) is 14.2 Å². The van der Waals surface area contributed by atoms with Crippen molar-refractivity contribution in [1.29, 1.82) is 0 Å². The summed E-state index contributed by atoms with van der Waals surface area (Å²) < 4.78 is 5.36. The fraction of sp³-hybridized carbons (Fsp3) is 0.231. The average molecular weight is 236 g/mol. The molecule has 16 heavy (non-hydrogen) atoms. The Morgan fingerprint density at radius 1 is 1.31 bits per heavy atom. The third kappa shape index (κ3) is 2.07. The smallest absolute Gasteiger partial charge is 0.124 e. The van der Waals surface area contributed by atoms with Crippen LogP contribution in [-0.4, -0.2) is 19.1 Å². The molecule has 0 radical (unpaired) electrons. The number of hydrogen-bond acceptors (Lipinski definition) is 2. The van der Waals surface area contributed by atoms with Crippen molar-refractivity contribution in [3.05, 3.63) is 53.2 Å². The number of methoxy groups -OCH3 is 1. The number of ether oxygens (including phenoxy) is 1. The van der Waals surface area contributed by atoms with Crippen molar-refractivity contribution >= 4 is 11.6 Å². The minimum absolute atomic E-state index is 0.179. The number of para-hydroxylation sites is 1. The number of likely N-dealkylation sites (N-methyl/N-ethyl adjacent to an activating group) is 1. The summed E-state index contributed by atoms with van der Waals surface area (Å²) in [6.07, 6.45) is 5.90. The third-order valence-corrected chi connectivity index (χ3v) is 2.88. The molecule has 3 heteroatoms. The van der Waals surface area contributed by atoms with Gasteiger partial charge in [-0.25, -0.2) is 0 Å². The van der Waals surface area contributed by atoms with Crippen LogP contribution in [0.4, 0.5) is 0 Å². The fourth-order valence-corrected chi connectivity index (χ4v) is 2.10. The standard InChI is InChI=1S/C13H14ClNO/c1-15-9-10(14)7-8-12(15)11-5-3-4-6-13(11)16-2/h3-9,12H,1-2H3. The lowest BCUT2D eigenvalue weighted by Gasteiger charge is -2.28. The number of hydrogen-bond donors (Lipinski definition) is 0. The molecule has 1 atom stereocenters. The number of benzene rings is 1. The van der Waals surface area contributed by atoms with Gasteiger partial charge in [0.1, 0.15) is 5.75 Å². The second-order valence-electron chi connectivity index (χ2n) is 3.73. The highest BCUT2D eigenvalue weighted by Crippen LogP contribution is 2.32. The van der Waals surface area contributed by atoms with Crippen LogP contribution in [0.15, 0.2) is 47.6 Å². The Balaban J connectivity index is 2.35. The minimum atomic E-state index is 0.179. The van der Waals surface area contributed by atoms with Crippen molar-refractivity contribution in [3.8, 4) is 5.75 Å². The molecule has 2 nitrogen and oxygen atoms in total. The van der Waals surface area contributed by atoms with Crippen LogP contribution in [0.2, 0.25) is 0 Å². The predicted molar refractivity (Wildman–Crippen MR) is 66.6 cm³/mol. The van der Waals surface area contributed by atoms with Crippen LogP contribution in [0.25, 0.3) is 0 Å². The van der Waals surface area contributed by atoms with E-state index in [1.165, 1.54) is 0 Å². The highest BCUT2D eigenvalue weighted by atomic mass is 35.5. The Hall–Kier alpha value is -1.41. The molecule has 1 aromatic rings. The molecular weight excluding hydrogens is 222 g/mol. The van der Waals surface area contributed by atoms with Gasteiger partial charge in [-0.3, -0.25) is 0 Å². The summed E-state index contributed by atoms with van der Waals surface area (Å²) >= 11 is 5.94. The topological polar surface area (TPSA) is 12.5 Å². The number of halogens is 1. The van der Waals surface area contributed by atoms with Gasteiger partial charge in [-0.1, -0.05) is 35.9 Å². The van der Waals surface area contributed by atoms with Gasteiger partial charge in [0.2, 0.25) is 0 Å². The first kappa shape index (κ1) is 11.1. The number of rotatable bonds is 2. The highest BCUT2D eigenvalue weighted by Gasteiger charge is 2.18. The lowest BCUT2D eigenvalue weighted by atomic mass is 10.0. The van der Waals surface area contributed by atoms with E-state index >= 15 is 0 Å². The molecule has 0 aliphatic carbocycles. The molecule has 0 spiro atoms. The molecule has 0 fully saturated rings. The van der Waals surface area contributed by atoms with E-state index in [-0.39, 0.29) is 6.04 Å². The predicted octanol–water partition coefficient (Wildman–Crippen LogP) is 3.32. The fourth-order valence-electron chi connectivity index (χ4n) is 1.87. The van der Waals surface area contributed by atoms with E-state index in [0.717, 1.165) is 16.3 Å². The summed E-state index contributed by atoms with van der Waals surface area (Å²) in [7, 11) is 3.69. The Bertz CT molecular complexity index is 439. The summed E-state index contributed by atoms with van der Waals surface area (Å²) in [5, 5.41) is 0.744. The first-order valence-corrected chi connectivity index (χ1v) is 5.50. The normalized spacial score (nSPS) is 19.6. The Morgan fingerprint density at radius 2 is 2.06 bits per heavy atom. The molecule has 0 amide bonds. The van der Waals surface area contributed by atoms with Crippen LogP contribution in [0.5, 0.6) is 5.75 Å². The summed E-state index contributed by atoms with van der Waals surface area (Å²) in [6.45, 7) is 0. The molecule has 0 aromatic heterocycles. The molecule has 0 bridgehead atoms. The van der Waals surface area contributed by atoms with Crippen molar-refractivity contribution in [3.63, 3.8) is 0 Å². The van der Waals surface area contributed by atoms with E-state index in [0.29, 0.717) is 0 Å². The van der Waals surface area contributed by atoms with Crippen LogP contribution in [0.3, 0.4) is 0 Å². The first-order chi connectivity index (χ1) is 7.72. The number of nitrogens with zero attached hydrogens (tertiary/aromatic N) is 1. The quantitative estimate of drug-likeness (QED) is 0.780. The third-order valence-electron chi connectivity index (χ3n) is 2.66. The SMILES string of the molecule is COc1ccccc1C1C=CC(Cl)=CN1C.